The molecule has 49 heavy (non-hydrogen) atoms. The van der Waals surface area contributed by atoms with Crippen LogP contribution >= 0.6 is 11.3 Å². The number of hydrogen-bond donors (Lipinski definition) is 3. The fourth-order valence-electron chi connectivity index (χ4n) is 6.33. The van der Waals surface area contributed by atoms with E-state index in [1.807, 2.05) is 16.7 Å². The number of likely N-dealkylation sites (tertiary alicyclic amines) is 1. The minimum Gasteiger partial charge on any atom is -0.384 e. The van der Waals surface area contributed by atoms with Crippen LogP contribution in [0.25, 0.3) is 21.1 Å². The van der Waals surface area contributed by atoms with E-state index >= 15 is 0 Å². The Bertz CT molecular complexity index is 2050. The van der Waals surface area contributed by atoms with Gasteiger partial charge in [-0.2, -0.15) is 18.4 Å². The zero-order valence-corrected chi connectivity index (χ0v) is 28.1. The maximum absolute atomic E-state index is 13.0. The summed E-state index contributed by atoms with van der Waals surface area (Å²) in [4.78, 5) is 16.1. The lowest BCUT2D eigenvalue weighted by atomic mass is 9.97. The highest BCUT2D eigenvalue weighted by molar-refractivity contribution is 7.18. The molecular weight excluding hydrogens is 650 g/mol. The topological polar surface area (TPSA) is 115 Å². The van der Waals surface area contributed by atoms with Crippen LogP contribution in [0, 0.1) is 18.3 Å². The summed E-state index contributed by atoms with van der Waals surface area (Å²) in [5, 5.41) is 29.6. The Morgan fingerprint density at radius 2 is 1.92 bits per heavy atom. The molecule has 13 heteroatoms. The molecule has 4 aromatic heterocycles. The molecule has 5 heterocycles. The molecule has 1 aliphatic heterocycles. The van der Waals surface area contributed by atoms with Crippen LogP contribution in [0.5, 0.6) is 0 Å². The number of halogens is 3. The third-order valence-electron chi connectivity index (χ3n) is 9.05. The molecule has 0 amide bonds. The van der Waals surface area contributed by atoms with Gasteiger partial charge in [-0.1, -0.05) is 25.3 Å². The van der Waals surface area contributed by atoms with Gasteiger partial charge in [-0.15, -0.1) is 11.3 Å². The lowest BCUT2D eigenvalue weighted by Crippen LogP contribution is -2.39. The summed E-state index contributed by atoms with van der Waals surface area (Å²) in [6, 6.07) is 13.6. The lowest BCUT2D eigenvalue weighted by molar-refractivity contribution is -0.126. The van der Waals surface area contributed by atoms with E-state index in [0.717, 1.165) is 65.8 Å². The Morgan fingerprint density at radius 3 is 2.59 bits per heavy atom. The monoisotopic (exact) mass is 686 g/mol. The normalized spacial score (nSPS) is 15.6. The molecule has 5 aromatic rings. The van der Waals surface area contributed by atoms with E-state index in [4.69, 9.17) is 0 Å². The summed E-state index contributed by atoms with van der Waals surface area (Å²) in [7, 11) is 0. The maximum Gasteiger partial charge on any atom is 0.393 e. The number of nitriles is 1. The molecule has 0 saturated carbocycles. The number of alkyl halides is 3. The molecule has 1 saturated heterocycles. The Kier molecular flexibility index (Phi) is 9.48. The molecule has 1 atom stereocenters. The van der Waals surface area contributed by atoms with E-state index in [2.05, 4.69) is 62.7 Å². The van der Waals surface area contributed by atoms with Crippen molar-refractivity contribution >= 4 is 44.1 Å². The second-order valence-electron chi connectivity index (χ2n) is 12.7. The first kappa shape index (κ1) is 34.1. The zero-order chi connectivity index (χ0) is 34.9. The Morgan fingerprint density at radius 1 is 1.14 bits per heavy atom. The molecule has 0 spiro atoms. The molecule has 1 fully saturated rings. The number of benzene rings is 1. The summed E-state index contributed by atoms with van der Waals surface area (Å²) >= 11 is 1.05. The Balaban J connectivity index is 1.12. The molecule has 0 aliphatic carbocycles. The maximum atomic E-state index is 13.0. The van der Waals surface area contributed by atoms with Crippen LogP contribution in [0.1, 0.15) is 47.0 Å². The average Bonchev–Trinajstić information content (AvgIpc) is 3.63. The molecule has 3 N–H and O–H groups in total. The van der Waals surface area contributed by atoms with Gasteiger partial charge in [0.25, 0.3) is 0 Å². The van der Waals surface area contributed by atoms with Crippen molar-refractivity contribution in [3.63, 3.8) is 0 Å². The lowest BCUT2D eigenvalue weighted by Gasteiger charge is -2.33. The van der Waals surface area contributed by atoms with E-state index in [0.29, 0.717) is 38.8 Å². The number of rotatable bonds is 11. The molecule has 9 nitrogen and oxygen atoms in total. The number of allylic oxidation sites excluding steroid dienone is 1. The Labute approximate surface area is 286 Å². The summed E-state index contributed by atoms with van der Waals surface area (Å²) in [6.07, 6.45) is 1.06. The number of anilines is 2. The number of hydrogen-bond acceptors (Lipinski definition) is 9. The second kappa shape index (κ2) is 13.6. The minimum absolute atomic E-state index is 0.137. The van der Waals surface area contributed by atoms with Gasteiger partial charge in [0, 0.05) is 58.9 Å². The van der Waals surface area contributed by atoms with Crippen molar-refractivity contribution in [3.8, 4) is 6.07 Å². The molecule has 1 aromatic carbocycles. The molecular formula is C36H37F3N8OS. The predicted molar refractivity (Wildman–Crippen MR) is 187 cm³/mol. The predicted octanol–water partition coefficient (Wildman–Crippen LogP) is 7.42. The van der Waals surface area contributed by atoms with Gasteiger partial charge in [-0.05, 0) is 68.2 Å². The van der Waals surface area contributed by atoms with Crippen molar-refractivity contribution in [1.29, 1.82) is 5.26 Å². The van der Waals surface area contributed by atoms with Gasteiger partial charge in [-0.25, -0.2) is 15.0 Å². The molecule has 1 unspecified atom stereocenters. The van der Waals surface area contributed by atoms with Gasteiger partial charge >= 0.3 is 6.18 Å². The van der Waals surface area contributed by atoms with Gasteiger partial charge in [0.05, 0.1) is 18.4 Å². The van der Waals surface area contributed by atoms with E-state index < -0.39 is 18.2 Å². The fraction of sp³-hybridized carbons (Fsp3) is 0.333. The summed E-state index contributed by atoms with van der Waals surface area (Å²) in [5.74, 6) is 1.16. The third kappa shape index (κ3) is 7.62. The van der Waals surface area contributed by atoms with Crippen LogP contribution in [0.2, 0.25) is 0 Å². The number of nitrogens with zero attached hydrogens (tertiary/aromatic N) is 6. The standard InChI is InChI=1S/C36H37F3N8OS/c1-5-22(2)44-32-9-7-25(18-41-32)35(4,48)20-47-27(17-40)14-29-23(3)24(6-8-31(29)47)19-46-12-10-26(11-13-46)45-33-30-15-28(16-36(37,38)39)49-34(30)43-21-42-33/h5-9,14-15,18,21,26,48H,1-2,10-13,16,19-20H2,3-4H3,(H,41,44)(H,42,43,45). The minimum atomic E-state index is -4.27. The van der Waals surface area contributed by atoms with Gasteiger partial charge in [0.15, 0.2) is 0 Å². The van der Waals surface area contributed by atoms with Crippen molar-refractivity contribution in [1.82, 2.24) is 24.4 Å². The van der Waals surface area contributed by atoms with E-state index in [1.165, 1.54) is 6.33 Å². The molecule has 0 bridgehead atoms. The smallest absolute Gasteiger partial charge is 0.384 e. The van der Waals surface area contributed by atoms with Crippen LogP contribution in [-0.2, 0) is 25.1 Å². The number of piperidine rings is 1. The third-order valence-corrected chi connectivity index (χ3v) is 10.1. The average molecular weight is 687 g/mol. The van der Waals surface area contributed by atoms with Crippen LogP contribution in [0.4, 0.5) is 24.8 Å². The fourth-order valence-corrected chi connectivity index (χ4v) is 7.36. The van der Waals surface area contributed by atoms with Gasteiger partial charge < -0.3 is 20.3 Å². The zero-order valence-electron chi connectivity index (χ0n) is 27.3. The van der Waals surface area contributed by atoms with Crippen molar-refractivity contribution in [2.75, 3.05) is 23.7 Å². The number of thiophene rings is 1. The van der Waals surface area contributed by atoms with Crippen LogP contribution in [0.3, 0.4) is 0 Å². The van der Waals surface area contributed by atoms with Crippen LogP contribution in [0.15, 0.2) is 73.9 Å². The van der Waals surface area contributed by atoms with Gasteiger partial charge in [0.2, 0.25) is 0 Å². The summed E-state index contributed by atoms with van der Waals surface area (Å²) < 4.78 is 40.7. The summed E-state index contributed by atoms with van der Waals surface area (Å²) in [6.45, 7) is 13.9. The molecule has 1 aliphatic rings. The van der Waals surface area contributed by atoms with Gasteiger partial charge in [-0.3, -0.25) is 4.90 Å². The van der Waals surface area contributed by atoms with Crippen LogP contribution in [-0.4, -0.2) is 54.8 Å². The first-order valence-corrected chi connectivity index (χ1v) is 16.7. The van der Waals surface area contributed by atoms with E-state index in [1.54, 1.807) is 37.4 Å². The molecule has 0 radical (unpaired) electrons. The van der Waals surface area contributed by atoms with Crippen molar-refractivity contribution in [2.24, 2.45) is 0 Å². The number of aromatic nitrogens is 4. The number of aliphatic hydroxyl groups is 1. The van der Waals surface area contributed by atoms with Crippen molar-refractivity contribution in [2.45, 2.75) is 64.0 Å². The highest BCUT2D eigenvalue weighted by Crippen LogP contribution is 2.34. The largest absolute Gasteiger partial charge is 0.393 e. The Hall–Kier alpha value is -4.77. The van der Waals surface area contributed by atoms with E-state index in [9.17, 15) is 23.5 Å². The first-order valence-electron chi connectivity index (χ1n) is 15.9. The molecule has 6 rings (SSSR count). The SMILES string of the molecule is C=CC(=C)Nc1ccc(C(C)(O)Cn2c(C#N)cc3c(C)c(CN4CCC(Nc5ncnc6sc(CC(F)(F)F)cc56)CC4)ccc32)cn1. The van der Waals surface area contributed by atoms with E-state index in [-0.39, 0.29) is 17.5 Å². The summed E-state index contributed by atoms with van der Waals surface area (Å²) in [5.41, 5.74) is 3.52. The number of aryl methyl sites for hydroxylation is 1. The van der Waals surface area contributed by atoms with Crippen molar-refractivity contribution < 1.29 is 18.3 Å². The van der Waals surface area contributed by atoms with Gasteiger partial charge in [0.1, 0.15) is 40.2 Å². The number of nitrogens with one attached hydrogen (secondary N) is 2. The second-order valence-corrected chi connectivity index (χ2v) is 13.8. The quantitative estimate of drug-likeness (QED) is 0.123. The highest BCUT2D eigenvalue weighted by atomic mass is 32.1. The number of fused-ring (bicyclic) bond motifs is 2. The highest BCUT2D eigenvalue weighted by Gasteiger charge is 2.30. The number of pyridine rings is 1. The molecule has 254 valence electrons. The van der Waals surface area contributed by atoms with Crippen molar-refractivity contribution in [3.05, 3.63) is 101 Å². The first-order chi connectivity index (χ1) is 23.3. The van der Waals surface area contributed by atoms with Crippen LogP contribution < -0.4 is 10.6 Å².